The fraction of sp³-hybridized carbons (Fsp3) is 0.800. The van der Waals surface area contributed by atoms with Crippen molar-refractivity contribution in [2.45, 2.75) is 104 Å². The van der Waals surface area contributed by atoms with Crippen molar-refractivity contribution in [2.75, 3.05) is 0 Å². The van der Waals surface area contributed by atoms with E-state index >= 15 is 0 Å². The lowest BCUT2D eigenvalue weighted by Gasteiger charge is -1.99. The molecular weight excluding hydrogens is 240 g/mol. The average molecular weight is 278 g/mol. The van der Waals surface area contributed by atoms with Gasteiger partial charge in [-0.3, -0.25) is 0 Å². The Morgan fingerprint density at radius 1 is 0.650 bits per heavy atom. The van der Waals surface area contributed by atoms with Gasteiger partial charge < -0.3 is 0 Å². The van der Waals surface area contributed by atoms with Gasteiger partial charge in [-0.2, -0.15) is 0 Å². The lowest BCUT2D eigenvalue weighted by atomic mass is 10.1. The number of hydrogen-bond donors (Lipinski definition) is 0. The minimum absolute atomic E-state index is 1.15. The molecule has 20 heavy (non-hydrogen) atoms. The molecule has 0 aromatic carbocycles. The van der Waals surface area contributed by atoms with Gasteiger partial charge in [-0.15, -0.1) is 0 Å². The molecule has 0 nitrogen and oxygen atoms in total. The molecule has 0 unspecified atom stereocenters. The molecule has 1 radical (unpaired) electrons. The van der Waals surface area contributed by atoms with Crippen molar-refractivity contribution in [3.8, 4) is 0 Å². The zero-order valence-electron chi connectivity index (χ0n) is 14.1. The highest BCUT2D eigenvalue weighted by atomic mass is 14.0. The maximum Gasteiger partial charge on any atom is -0.0280 e. The molecule has 0 fully saturated rings. The van der Waals surface area contributed by atoms with Gasteiger partial charge in [-0.05, 0) is 51.5 Å². The number of allylic oxidation sites excluding steroid dienone is 4. The van der Waals surface area contributed by atoms with Crippen LogP contribution in [0.5, 0.6) is 0 Å². The van der Waals surface area contributed by atoms with Gasteiger partial charge in [0.2, 0.25) is 0 Å². The molecule has 0 amide bonds. The molecule has 0 aromatic rings. The molecular formula is C20H37. The summed E-state index contributed by atoms with van der Waals surface area (Å²) in [6.07, 6.45) is 29.2. The van der Waals surface area contributed by atoms with Crippen molar-refractivity contribution in [3.05, 3.63) is 24.3 Å². The van der Waals surface area contributed by atoms with Crippen LogP contribution in [0, 0.1) is 6.08 Å². The van der Waals surface area contributed by atoms with E-state index in [9.17, 15) is 0 Å². The summed E-state index contributed by atoms with van der Waals surface area (Å²) in [4.78, 5) is 0. The quantitative estimate of drug-likeness (QED) is 0.216. The smallest absolute Gasteiger partial charge is 0.0280 e. The molecule has 0 aromatic heterocycles. The number of unbranched alkanes of at least 4 members (excludes halogenated alkanes) is 12. The summed E-state index contributed by atoms with van der Waals surface area (Å²) in [5.41, 5.74) is 0. The predicted molar refractivity (Wildman–Crippen MR) is 92.9 cm³/mol. The van der Waals surface area contributed by atoms with E-state index in [4.69, 9.17) is 0 Å². The third-order valence-electron chi connectivity index (χ3n) is 3.79. The third kappa shape index (κ3) is 17.5. The number of rotatable bonds is 15. The highest BCUT2D eigenvalue weighted by Crippen LogP contribution is 2.09. The van der Waals surface area contributed by atoms with Gasteiger partial charge in [0, 0.05) is 0 Å². The molecule has 0 bridgehead atoms. The van der Waals surface area contributed by atoms with E-state index in [0.717, 1.165) is 6.42 Å². The van der Waals surface area contributed by atoms with Crippen LogP contribution in [0.15, 0.2) is 18.2 Å². The lowest BCUT2D eigenvalue weighted by molar-refractivity contribution is 0.609. The Morgan fingerprint density at radius 3 is 1.70 bits per heavy atom. The van der Waals surface area contributed by atoms with Crippen LogP contribution in [-0.2, 0) is 0 Å². The summed E-state index contributed by atoms with van der Waals surface area (Å²) in [5.74, 6) is 0. The second kappa shape index (κ2) is 18.5. The normalized spacial score (nSPS) is 11.9. The molecule has 0 atom stereocenters. The van der Waals surface area contributed by atoms with E-state index in [1.54, 1.807) is 0 Å². The molecule has 0 aliphatic carbocycles. The average Bonchev–Trinajstić information content (AvgIpc) is 2.47. The predicted octanol–water partition coefficient (Wildman–Crippen LogP) is 7.40. The van der Waals surface area contributed by atoms with E-state index in [1.165, 1.54) is 83.5 Å². The topological polar surface area (TPSA) is 0 Å². The molecule has 0 aliphatic heterocycles. The minimum Gasteiger partial charge on any atom is -0.0885 e. The fourth-order valence-electron chi connectivity index (χ4n) is 2.44. The highest BCUT2D eigenvalue weighted by Gasteiger charge is 1.90. The molecule has 0 saturated carbocycles. The monoisotopic (exact) mass is 277 g/mol. The largest absolute Gasteiger partial charge is 0.0885 e. The second-order valence-electron chi connectivity index (χ2n) is 5.83. The summed E-state index contributed by atoms with van der Waals surface area (Å²) >= 11 is 0. The van der Waals surface area contributed by atoms with Gasteiger partial charge >= 0.3 is 0 Å². The minimum atomic E-state index is 1.15. The van der Waals surface area contributed by atoms with Crippen LogP contribution in [0.4, 0.5) is 0 Å². The maximum absolute atomic E-state index is 3.26. The van der Waals surface area contributed by atoms with Crippen molar-refractivity contribution in [2.24, 2.45) is 0 Å². The molecule has 0 heterocycles. The van der Waals surface area contributed by atoms with Gasteiger partial charge in [0.05, 0.1) is 0 Å². The summed E-state index contributed by atoms with van der Waals surface area (Å²) < 4.78 is 0. The Morgan fingerprint density at radius 2 is 1.15 bits per heavy atom. The van der Waals surface area contributed by atoms with E-state index in [0.29, 0.717) is 0 Å². The SMILES string of the molecule is CC=[C]CCCCCCC/C=C\CCCCCCCC. The van der Waals surface area contributed by atoms with Gasteiger partial charge in [0.25, 0.3) is 0 Å². The van der Waals surface area contributed by atoms with Crippen molar-refractivity contribution >= 4 is 0 Å². The Kier molecular flexibility index (Phi) is 18.0. The maximum atomic E-state index is 3.26. The fourth-order valence-corrected chi connectivity index (χ4v) is 2.44. The van der Waals surface area contributed by atoms with Crippen molar-refractivity contribution < 1.29 is 0 Å². The highest BCUT2D eigenvalue weighted by molar-refractivity contribution is 4.81. The van der Waals surface area contributed by atoms with Crippen LogP contribution >= 0.6 is 0 Å². The molecule has 0 aliphatic rings. The van der Waals surface area contributed by atoms with Crippen molar-refractivity contribution in [1.29, 1.82) is 0 Å². The van der Waals surface area contributed by atoms with Crippen molar-refractivity contribution in [1.82, 2.24) is 0 Å². The third-order valence-corrected chi connectivity index (χ3v) is 3.79. The Labute approximate surface area is 128 Å². The standard InChI is InChI=1S/C20H37/c1-3-5-7-9-11-13-15-17-19-20-18-16-14-12-10-8-6-4-2/h3,18,20H,4,6-17,19H2,1-2H3/b5-3?,20-18-. The molecule has 0 saturated heterocycles. The van der Waals surface area contributed by atoms with Gasteiger partial charge in [-0.1, -0.05) is 76.5 Å². The summed E-state index contributed by atoms with van der Waals surface area (Å²) in [7, 11) is 0. The van der Waals surface area contributed by atoms with Gasteiger partial charge in [0.15, 0.2) is 0 Å². The van der Waals surface area contributed by atoms with Crippen LogP contribution in [0.25, 0.3) is 0 Å². The first-order valence-corrected chi connectivity index (χ1v) is 9.08. The van der Waals surface area contributed by atoms with Gasteiger partial charge in [0.1, 0.15) is 0 Å². The van der Waals surface area contributed by atoms with Crippen LogP contribution < -0.4 is 0 Å². The zero-order chi connectivity index (χ0) is 14.7. The van der Waals surface area contributed by atoms with E-state index in [2.05, 4.69) is 32.1 Å². The first-order chi connectivity index (χ1) is 9.91. The lowest BCUT2D eigenvalue weighted by Crippen LogP contribution is -1.79. The van der Waals surface area contributed by atoms with E-state index in [-0.39, 0.29) is 0 Å². The van der Waals surface area contributed by atoms with E-state index < -0.39 is 0 Å². The second-order valence-corrected chi connectivity index (χ2v) is 5.83. The van der Waals surface area contributed by atoms with E-state index in [1.807, 2.05) is 6.08 Å². The van der Waals surface area contributed by atoms with Crippen LogP contribution in [0.2, 0.25) is 0 Å². The summed E-state index contributed by atoms with van der Waals surface area (Å²) in [5, 5.41) is 0. The van der Waals surface area contributed by atoms with Crippen LogP contribution in [-0.4, -0.2) is 0 Å². The number of hydrogen-bond acceptors (Lipinski definition) is 0. The molecule has 0 N–H and O–H groups in total. The first-order valence-electron chi connectivity index (χ1n) is 9.08. The molecule has 0 spiro atoms. The molecule has 117 valence electrons. The van der Waals surface area contributed by atoms with Crippen LogP contribution in [0.1, 0.15) is 104 Å². The van der Waals surface area contributed by atoms with Gasteiger partial charge in [-0.25, -0.2) is 0 Å². The summed E-state index contributed by atoms with van der Waals surface area (Å²) in [6, 6.07) is 0. The Balaban J connectivity index is 3.05. The summed E-state index contributed by atoms with van der Waals surface area (Å²) in [6.45, 7) is 4.33. The Bertz CT molecular complexity index is 212. The molecule has 0 rings (SSSR count). The first kappa shape index (κ1) is 19.5. The van der Waals surface area contributed by atoms with Crippen LogP contribution in [0.3, 0.4) is 0 Å². The Hall–Kier alpha value is -0.520. The zero-order valence-corrected chi connectivity index (χ0v) is 14.1. The molecule has 0 heteroatoms. The van der Waals surface area contributed by atoms with Crippen molar-refractivity contribution in [3.63, 3.8) is 0 Å².